The summed E-state index contributed by atoms with van der Waals surface area (Å²) in [5.41, 5.74) is 0. The number of carbonyl (C=O) groups is 1. The molecule has 0 aromatic rings. The van der Waals surface area contributed by atoms with Crippen LogP contribution < -0.4 is 0 Å². The van der Waals surface area contributed by atoms with Crippen LogP contribution >= 0.6 is 7.68 Å². The second-order valence-electron chi connectivity index (χ2n) is 10.5. The molecule has 0 aromatic heterocycles. The predicted molar refractivity (Wildman–Crippen MR) is 143 cm³/mol. The molecule has 0 bridgehead atoms. The van der Waals surface area contributed by atoms with Crippen LogP contribution in [0, 0.1) is 0 Å². The van der Waals surface area contributed by atoms with Crippen LogP contribution in [0.1, 0.15) is 129 Å². The number of quaternary nitrogens is 1. The van der Waals surface area contributed by atoms with E-state index < -0.39 is 13.8 Å². The maximum atomic E-state index is 11.5. The summed E-state index contributed by atoms with van der Waals surface area (Å²) in [6.45, 7) is 4.04. The van der Waals surface area contributed by atoms with Crippen LogP contribution in [-0.4, -0.2) is 60.1 Å². The van der Waals surface area contributed by atoms with Gasteiger partial charge in [-0.3, -0.25) is 4.79 Å². The number of Topliss-reactive ketones (excluding diaryl/α,β-unsaturated/α-hetero) is 1. The van der Waals surface area contributed by atoms with Gasteiger partial charge < -0.3 is 14.7 Å². The van der Waals surface area contributed by atoms with E-state index in [2.05, 4.69) is 6.92 Å². The van der Waals surface area contributed by atoms with E-state index in [1.165, 1.54) is 83.5 Å². The van der Waals surface area contributed by atoms with Crippen LogP contribution in [0.2, 0.25) is 0 Å². The van der Waals surface area contributed by atoms with Crippen molar-refractivity contribution >= 4 is 13.5 Å². The first kappa shape index (κ1) is 35.6. The maximum Gasteiger partial charge on any atom is 0.375 e. The van der Waals surface area contributed by atoms with Gasteiger partial charge in [0.2, 0.25) is 0 Å². The van der Waals surface area contributed by atoms with Gasteiger partial charge in [-0.1, -0.05) is 104 Å². The molecule has 0 spiro atoms. The average Bonchev–Trinajstić information content (AvgIpc) is 2.76. The summed E-state index contributed by atoms with van der Waals surface area (Å²) in [7, 11) is 3.38. The highest BCUT2D eigenvalue weighted by Gasteiger charge is 2.26. The lowest BCUT2D eigenvalue weighted by Gasteiger charge is -2.28. The highest BCUT2D eigenvalue weighted by molar-refractivity contribution is 7.31. The van der Waals surface area contributed by atoms with Gasteiger partial charge in [0.25, 0.3) is 0 Å². The van der Waals surface area contributed by atoms with Crippen LogP contribution in [0.4, 0.5) is 0 Å². The molecule has 2 unspecified atom stereocenters. The Bertz CT molecular complexity index is 524. The fraction of sp³-hybridized carbons (Fsp3) is 0.963. The van der Waals surface area contributed by atoms with Crippen molar-refractivity contribution in [1.29, 1.82) is 0 Å². The first-order valence-electron chi connectivity index (χ1n) is 13.9. The topological polar surface area (TPSA) is 91.7 Å². The molecule has 0 saturated carbocycles. The molecule has 0 heterocycles. The molecule has 2 atom stereocenters. The molecule has 0 amide bonds. The molecule has 6 nitrogen and oxygen atoms in total. The Balaban J connectivity index is 0. The first-order chi connectivity index (χ1) is 16.1. The Morgan fingerprint density at radius 2 is 1.12 bits per heavy atom. The number of hydrogen-bond acceptors (Lipinski definition) is 5. The molecular formula is C27H57NO5P+. The maximum absolute atomic E-state index is 11.5. The van der Waals surface area contributed by atoms with Gasteiger partial charge in [-0.2, -0.15) is 0 Å². The fourth-order valence-electron chi connectivity index (χ4n) is 4.10. The van der Waals surface area contributed by atoms with Crippen molar-refractivity contribution in [2.45, 2.75) is 141 Å². The number of hydrogen-bond donors (Lipinski definition) is 2. The highest BCUT2D eigenvalue weighted by Crippen LogP contribution is 2.23. The monoisotopic (exact) mass is 506 g/mol. The van der Waals surface area contributed by atoms with E-state index >= 15 is 0 Å². The standard InChI is InChI=1S/C21H42O3.C6H15NO2P/c1-2-3-4-5-6-7-8-9-10-11-12-13-14-15-16-17-20(23)21(24)18-19-22;1-5-6(10(8)9)7(2,3)4/h21-22,24H,2-19H2,1H3;6H,5H2,1-4H3/q;+1. The van der Waals surface area contributed by atoms with Crippen molar-refractivity contribution in [2.75, 3.05) is 27.7 Å². The molecule has 0 rings (SSSR count). The van der Waals surface area contributed by atoms with E-state index in [0.717, 1.165) is 12.8 Å². The molecule has 0 saturated heterocycles. The van der Waals surface area contributed by atoms with Gasteiger partial charge in [-0.15, -0.1) is 0 Å². The number of ketones is 1. The minimum absolute atomic E-state index is 0.112. The second kappa shape index (κ2) is 24.2. The predicted octanol–water partition coefficient (Wildman–Crippen LogP) is 7.16. The van der Waals surface area contributed by atoms with Crippen LogP contribution in [0.5, 0.6) is 0 Å². The number of unbranched alkanes of at least 4 members (excludes halogenated alkanes) is 14. The molecular weight excluding hydrogens is 449 g/mol. The Hall–Kier alpha value is -0.550. The molecule has 0 aromatic carbocycles. The molecule has 204 valence electrons. The Kier molecular flexibility index (Phi) is 25.3. The number of aliphatic hydroxyl groups excluding tert-OH is 2. The third-order valence-electron chi connectivity index (χ3n) is 6.30. The lowest BCUT2D eigenvalue weighted by Crippen LogP contribution is -2.41. The van der Waals surface area contributed by atoms with Crippen molar-refractivity contribution in [2.24, 2.45) is 0 Å². The largest absolute Gasteiger partial charge is 0.396 e. The zero-order chi connectivity index (χ0) is 26.2. The number of rotatable bonds is 22. The molecule has 34 heavy (non-hydrogen) atoms. The summed E-state index contributed by atoms with van der Waals surface area (Å²) < 4.78 is 21.7. The van der Waals surface area contributed by atoms with E-state index in [0.29, 0.717) is 17.3 Å². The summed E-state index contributed by atoms with van der Waals surface area (Å²) in [4.78, 5) is 11.5. The van der Waals surface area contributed by atoms with Crippen LogP contribution in [0.25, 0.3) is 0 Å². The second-order valence-corrected chi connectivity index (χ2v) is 11.7. The first-order valence-corrected chi connectivity index (χ1v) is 15.1. The molecule has 2 N–H and O–H groups in total. The Morgan fingerprint density at radius 1 is 0.735 bits per heavy atom. The zero-order valence-corrected chi connectivity index (χ0v) is 24.0. The minimum Gasteiger partial charge on any atom is -0.396 e. The lowest BCUT2D eigenvalue weighted by atomic mass is 10.0. The van der Waals surface area contributed by atoms with Gasteiger partial charge in [0.05, 0.1) is 21.1 Å². The number of aliphatic hydroxyl groups is 2. The van der Waals surface area contributed by atoms with Crippen molar-refractivity contribution in [3.05, 3.63) is 0 Å². The van der Waals surface area contributed by atoms with E-state index in [1.807, 2.05) is 28.1 Å². The minimum atomic E-state index is -2.28. The fourth-order valence-corrected chi connectivity index (χ4v) is 4.96. The molecule has 0 aliphatic heterocycles. The Morgan fingerprint density at radius 3 is 1.38 bits per heavy atom. The van der Waals surface area contributed by atoms with Gasteiger partial charge >= 0.3 is 7.68 Å². The summed E-state index contributed by atoms with van der Waals surface area (Å²) in [6, 6.07) is 0. The van der Waals surface area contributed by atoms with E-state index in [-0.39, 0.29) is 24.6 Å². The van der Waals surface area contributed by atoms with Gasteiger partial charge in [-0.05, 0) is 6.42 Å². The van der Waals surface area contributed by atoms with Crippen molar-refractivity contribution in [3.8, 4) is 0 Å². The van der Waals surface area contributed by atoms with Crippen LogP contribution in [0.15, 0.2) is 0 Å². The van der Waals surface area contributed by atoms with Crippen LogP contribution in [0.3, 0.4) is 0 Å². The van der Waals surface area contributed by atoms with Crippen molar-refractivity contribution in [1.82, 2.24) is 0 Å². The molecule has 0 fully saturated rings. The van der Waals surface area contributed by atoms with E-state index in [9.17, 15) is 19.0 Å². The zero-order valence-electron chi connectivity index (χ0n) is 23.1. The summed E-state index contributed by atoms with van der Waals surface area (Å²) in [6.07, 6.45) is 20.0. The van der Waals surface area contributed by atoms with E-state index in [1.54, 1.807) is 0 Å². The summed E-state index contributed by atoms with van der Waals surface area (Å²) >= 11 is 0. The lowest BCUT2D eigenvalue weighted by molar-refractivity contribution is -0.882. The summed E-state index contributed by atoms with van der Waals surface area (Å²) in [5, 5.41) is 18.1. The normalized spacial score (nSPS) is 13.1. The third kappa shape index (κ3) is 23.2. The van der Waals surface area contributed by atoms with Gasteiger partial charge in [0, 0.05) is 25.9 Å². The molecule has 0 aliphatic rings. The Labute approximate surface area is 211 Å². The molecule has 0 aliphatic carbocycles. The van der Waals surface area contributed by atoms with Crippen molar-refractivity contribution < 1.29 is 28.6 Å². The van der Waals surface area contributed by atoms with E-state index in [4.69, 9.17) is 5.11 Å². The SMILES string of the molecule is CCC(P(=O)=O)[N+](C)(C)C.CCCCCCCCCCCCCCCCCC(=O)C(O)CCO. The molecule has 0 radical (unpaired) electrons. The number of carbonyl (C=O) groups excluding carboxylic acids is 1. The van der Waals surface area contributed by atoms with Gasteiger partial charge in [0.15, 0.2) is 11.6 Å². The van der Waals surface area contributed by atoms with Crippen molar-refractivity contribution in [3.63, 3.8) is 0 Å². The average molecular weight is 507 g/mol. The van der Waals surface area contributed by atoms with Gasteiger partial charge in [0.1, 0.15) is 6.10 Å². The van der Waals surface area contributed by atoms with Gasteiger partial charge in [-0.25, -0.2) is 9.13 Å². The van der Waals surface area contributed by atoms with Crippen LogP contribution in [-0.2, 0) is 13.9 Å². The molecule has 7 heteroatoms. The highest BCUT2D eigenvalue weighted by atomic mass is 31.1. The third-order valence-corrected chi connectivity index (χ3v) is 7.85. The quantitative estimate of drug-likeness (QED) is 0.0923. The number of nitrogens with zero attached hydrogens (tertiary/aromatic N) is 1. The smallest absolute Gasteiger partial charge is 0.375 e. The summed E-state index contributed by atoms with van der Waals surface area (Å²) in [5.74, 6) is -0.353.